The van der Waals surface area contributed by atoms with Crippen LogP contribution in [0.1, 0.15) is 44.6 Å². The first-order valence-corrected chi connectivity index (χ1v) is 12.8. The van der Waals surface area contributed by atoms with Crippen LogP contribution in [0.2, 0.25) is 0 Å². The van der Waals surface area contributed by atoms with Crippen molar-refractivity contribution in [1.29, 1.82) is 0 Å². The summed E-state index contributed by atoms with van der Waals surface area (Å²) in [5.74, 6) is 1.23. The highest BCUT2D eigenvalue weighted by molar-refractivity contribution is 5.82. The Balaban J connectivity index is 1.19. The highest BCUT2D eigenvalue weighted by atomic mass is 16.2. The van der Waals surface area contributed by atoms with Gasteiger partial charge in [0, 0.05) is 68.8 Å². The maximum atomic E-state index is 12.4. The average molecular weight is 459 g/mol. The summed E-state index contributed by atoms with van der Waals surface area (Å²) in [6, 6.07) is 9.30. The number of piperazine rings is 1. The molecule has 3 aliphatic rings. The molecule has 0 aromatic carbocycles. The molecule has 6 rings (SSSR count). The van der Waals surface area contributed by atoms with Gasteiger partial charge in [-0.3, -0.25) is 9.78 Å². The molecule has 5 heterocycles. The maximum absolute atomic E-state index is 12.4. The number of pyridine rings is 1. The van der Waals surface area contributed by atoms with Gasteiger partial charge < -0.3 is 14.7 Å². The first kappa shape index (κ1) is 21.6. The summed E-state index contributed by atoms with van der Waals surface area (Å²) in [6.45, 7) is 10.2. The Morgan fingerprint density at radius 3 is 2.53 bits per heavy atom. The second-order valence-electron chi connectivity index (χ2n) is 10.4. The minimum absolute atomic E-state index is 0.300. The Kier molecular flexibility index (Phi) is 5.52. The largest absolute Gasteiger partial charge is 0.366 e. The molecule has 0 spiro atoms. The Morgan fingerprint density at radius 1 is 1.03 bits per heavy atom. The smallest absolute Gasteiger partial charge is 0.225 e. The molecular weight excluding hydrogens is 424 g/mol. The molecule has 2 aliphatic heterocycles. The first-order valence-electron chi connectivity index (χ1n) is 12.8. The van der Waals surface area contributed by atoms with Crippen LogP contribution in [0.3, 0.4) is 0 Å². The van der Waals surface area contributed by atoms with Crippen molar-refractivity contribution >= 4 is 17.1 Å². The molecule has 34 heavy (non-hydrogen) atoms. The summed E-state index contributed by atoms with van der Waals surface area (Å²) >= 11 is 0. The van der Waals surface area contributed by atoms with Crippen molar-refractivity contribution in [3.05, 3.63) is 48.4 Å². The number of carbonyl (C=O) groups is 1. The summed E-state index contributed by atoms with van der Waals surface area (Å²) in [6.07, 6.45) is 9.36. The average Bonchev–Trinajstić information content (AvgIpc) is 3.42. The zero-order valence-electron chi connectivity index (χ0n) is 20.2. The van der Waals surface area contributed by atoms with E-state index in [0.717, 1.165) is 62.3 Å². The first-order chi connectivity index (χ1) is 16.6. The van der Waals surface area contributed by atoms with Crippen LogP contribution in [0, 0.1) is 5.92 Å². The second-order valence-corrected chi connectivity index (χ2v) is 10.4. The van der Waals surface area contributed by atoms with Crippen LogP contribution in [0.15, 0.2) is 42.9 Å². The standard InChI is InChI=1S/C27H34N6O/c1-19(2)32-10-8-22(17-32)21-5-6-24(28-16-21)23-15-26-25(7-9-29-33(26)18-23)30-11-13-31(14-12-30)27(34)20-3-4-20/h5-7,9,15-16,18-20,22H,3-4,8,10-14,17H2,1-2H3/t22-/m0/s1. The fourth-order valence-corrected chi connectivity index (χ4v) is 5.51. The molecule has 1 amide bonds. The molecule has 3 aromatic rings. The van der Waals surface area contributed by atoms with Gasteiger partial charge in [-0.2, -0.15) is 5.10 Å². The van der Waals surface area contributed by atoms with Crippen molar-refractivity contribution in [1.82, 2.24) is 24.4 Å². The van der Waals surface area contributed by atoms with E-state index in [1.165, 1.54) is 24.2 Å². The third kappa shape index (κ3) is 4.06. The monoisotopic (exact) mass is 458 g/mol. The van der Waals surface area contributed by atoms with Crippen molar-refractivity contribution < 1.29 is 4.79 Å². The van der Waals surface area contributed by atoms with E-state index in [9.17, 15) is 4.79 Å². The normalized spacial score (nSPS) is 21.7. The molecule has 2 saturated heterocycles. The van der Waals surface area contributed by atoms with Crippen LogP contribution in [0.5, 0.6) is 0 Å². The zero-order chi connectivity index (χ0) is 23.2. The van der Waals surface area contributed by atoms with E-state index in [1.807, 2.05) is 15.6 Å². The molecule has 3 aromatic heterocycles. The van der Waals surface area contributed by atoms with E-state index in [-0.39, 0.29) is 0 Å². The predicted molar refractivity (Wildman–Crippen MR) is 134 cm³/mol. The van der Waals surface area contributed by atoms with Crippen LogP contribution in [-0.4, -0.2) is 75.6 Å². The van der Waals surface area contributed by atoms with Gasteiger partial charge in [-0.15, -0.1) is 0 Å². The SMILES string of the molecule is CC(C)N1CC[C@H](c2ccc(-c3cc4c(N5CCN(C(=O)C6CC6)CC5)ccnn4c3)nc2)C1. The molecule has 1 atom stereocenters. The third-order valence-electron chi connectivity index (χ3n) is 7.85. The molecule has 0 bridgehead atoms. The molecule has 1 saturated carbocycles. The van der Waals surface area contributed by atoms with Crippen LogP contribution in [-0.2, 0) is 4.79 Å². The minimum atomic E-state index is 0.300. The van der Waals surface area contributed by atoms with E-state index in [1.54, 1.807) is 0 Å². The number of nitrogens with zero attached hydrogens (tertiary/aromatic N) is 6. The number of aromatic nitrogens is 3. The summed E-state index contributed by atoms with van der Waals surface area (Å²) in [4.78, 5) is 24.2. The van der Waals surface area contributed by atoms with Gasteiger partial charge in [-0.25, -0.2) is 4.52 Å². The van der Waals surface area contributed by atoms with E-state index in [4.69, 9.17) is 4.98 Å². The number of fused-ring (bicyclic) bond motifs is 1. The lowest BCUT2D eigenvalue weighted by molar-refractivity contribution is -0.132. The Morgan fingerprint density at radius 2 is 1.85 bits per heavy atom. The summed E-state index contributed by atoms with van der Waals surface area (Å²) < 4.78 is 1.96. The molecule has 1 aliphatic carbocycles. The molecule has 3 fully saturated rings. The van der Waals surface area contributed by atoms with Gasteiger partial charge in [0.2, 0.25) is 5.91 Å². The van der Waals surface area contributed by atoms with Gasteiger partial charge >= 0.3 is 0 Å². The quantitative estimate of drug-likeness (QED) is 0.584. The number of amides is 1. The molecular formula is C27H34N6O. The molecule has 7 heteroatoms. The van der Waals surface area contributed by atoms with Crippen molar-refractivity contribution in [2.75, 3.05) is 44.2 Å². The second kappa shape index (κ2) is 8.69. The zero-order valence-corrected chi connectivity index (χ0v) is 20.2. The number of hydrogen-bond donors (Lipinski definition) is 0. The summed E-state index contributed by atoms with van der Waals surface area (Å²) in [5, 5.41) is 4.56. The van der Waals surface area contributed by atoms with Gasteiger partial charge in [0.1, 0.15) is 0 Å². The van der Waals surface area contributed by atoms with Crippen LogP contribution in [0.4, 0.5) is 5.69 Å². The number of anilines is 1. The Hall–Kier alpha value is -2.93. The van der Waals surface area contributed by atoms with Crippen molar-refractivity contribution in [2.24, 2.45) is 5.92 Å². The predicted octanol–water partition coefficient (Wildman–Crippen LogP) is 3.65. The van der Waals surface area contributed by atoms with Crippen LogP contribution < -0.4 is 4.90 Å². The topological polar surface area (TPSA) is 57.0 Å². The lowest BCUT2D eigenvalue weighted by Gasteiger charge is -2.36. The lowest BCUT2D eigenvalue weighted by atomic mass is 9.99. The molecule has 0 unspecified atom stereocenters. The van der Waals surface area contributed by atoms with Gasteiger partial charge in [0.25, 0.3) is 0 Å². The number of hydrogen-bond acceptors (Lipinski definition) is 5. The molecule has 0 radical (unpaired) electrons. The highest BCUT2D eigenvalue weighted by Gasteiger charge is 2.34. The number of carbonyl (C=O) groups excluding carboxylic acids is 1. The van der Waals surface area contributed by atoms with E-state index in [2.05, 4.69) is 65.4 Å². The van der Waals surface area contributed by atoms with Crippen LogP contribution >= 0.6 is 0 Å². The summed E-state index contributed by atoms with van der Waals surface area (Å²) in [7, 11) is 0. The van der Waals surface area contributed by atoms with E-state index >= 15 is 0 Å². The molecule has 178 valence electrons. The van der Waals surface area contributed by atoms with Crippen molar-refractivity contribution in [2.45, 2.75) is 45.1 Å². The number of rotatable bonds is 5. The Bertz CT molecular complexity index is 1170. The van der Waals surface area contributed by atoms with Gasteiger partial charge in [-0.05, 0) is 69.3 Å². The molecule has 0 N–H and O–H groups in total. The summed E-state index contributed by atoms with van der Waals surface area (Å²) in [5.41, 5.74) is 5.68. The van der Waals surface area contributed by atoms with Gasteiger partial charge in [0.15, 0.2) is 0 Å². The van der Waals surface area contributed by atoms with Gasteiger partial charge in [0.05, 0.1) is 16.9 Å². The fourth-order valence-electron chi connectivity index (χ4n) is 5.51. The van der Waals surface area contributed by atoms with Gasteiger partial charge in [-0.1, -0.05) is 6.07 Å². The Labute approximate surface area is 201 Å². The van der Waals surface area contributed by atoms with Crippen molar-refractivity contribution in [3.63, 3.8) is 0 Å². The third-order valence-corrected chi connectivity index (χ3v) is 7.85. The van der Waals surface area contributed by atoms with Crippen LogP contribution in [0.25, 0.3) is 16.8 Å². The van der Waals surface area contributed by atoms with Crippen molar-refractivity contribution in [3.8, 4) is 11.3 Å². The maximum Gasteiger partial charge on any atom is 0.225 e. The van der Waals surface area contributed by atoms with E-state index in [0.29, 0.717) is 23.8 Å². The minimum Gasteiger partial charge on any atom is -0.366 e. The fraction of sp³-hybridized carbons (Fsp3) is 0.519. The molecule has 7 nitrogen and oxygen atoms in total. The number of likely N-dealkylation sites (tertiary alicyclic amines) is 1. The lowest BCUT2D eigenvalue weighted by Crippen LogP contribution is -2.49. The van der Waals surface area contributed by atoms with E-state index < -0.39 is 0 Å². The highest BCUT2D eigenvalue weighted by Crippen LogP contribution is 2.33.